The lowest BCUT2D eigenvalue weighted by Gasteiger charge is -2.28. The number of carbonyl (C=O) groups is 3. The van der Waals surface area contributed by atoms with Crippen LogP contribution in [0.1, 0.15) is 92.7 Å². The maximum absolute atomic E-state index is 13.5. The molecule has 0 bridgehead atoms. The lowest BCUT2D eigenvalue weighted by Crippen LogP contribution is -2.32. The molecule has 3 amide bonds. The number of carbonyl (C=O) groups excluding carboxylic acids is 3. The average Bonchev–Trinajstić information content (AvgIpc) is 3.21. The molecular formula is C37H43N3O3. The van der Waals surface area contributed by atoms with Crippen molar-refractivity contribution in [1.82, 2.24) is 9.80 Å². The second-order valence-corrected chi connectivity index (χ2v) is 12.0. The minimum absolute atomic E-state index is 0.0804. The summed E-state index contributed by atoms with van der Waals surface area (Å²) in [6.07, 6.45) is 8.93. The van der Waals surface area contributed by atoms with Crippen LogP contribution in [0.15, 0.2) is 78.5 Å². The average molecular weight is 578 g/mol. The molecule has 0 spiro atoms. The van der Waals surface area contributed by atoms with Gasteiger partial charge in [-0.25, -0.2) is 0 Å². The lowest BCUT2D eigenvalue weighted by molar-refractivity contribution is 0.0651. The molecule has 3 aromatic rings. The number of allylic oxidation sites excluding steroid dienone is 1. The molecule has 43 heavy (non-hydrogen) atoms. The highest BCUT2D eigenvalue weighted by atomic mass is 16.2. The van der Waals surface area contributed by atoms with Gasteiger partial charge >= 0.3 is 0 Å². The van der Waals surface area contributed by atoms with Gasteiger partial charge in [0.2, 0.25) is 0 Å². The van der Waals surface area contributed by atoms with E-state index in [2.05, 4.69) is 43.1 Å². The molecule has 6 heteroatoms. The topological polar surface area (TPSA) is 60.9 Å². The van der Waals surface area contributed by atoms with Gasteiger partial charge < -0.3 is 9.80 Å². The van der Waals surface area contributed by atoms with Crippen molar-refractivity contribution in [3.63, 3.8) is 0 Å². The number of fused-ring (bicyclic) bond motifs is 1. The molecule has 1 aliphatic carbocycles. The van der Waals surface area contributed by atoms with Gasteiger partial charge in [0.05, 0.1) is 11.1 Å². The molecule has 1 heterocycles. The van der Waals surface area contributed by atoms with Crippen LogP contribution in [0, 0.1) is 20.8 Å². The largest absolute Gasteiger partial charge is 0.372 e. The molecule has 5 rings (SSSR count). The third-order valence-corrected chi connectivity index (χ3v) is 8.56. The Bertz CT molecular complexity index is 1460. The fourth-order valence-electron chi connectivity index (χ4n) is 6.03. The SMILES string of the molecule is Cc1cc(C)cc(N(CCCCN(C=C2CCC2)C(=O)c2ccccc2C)CCCCN2C(=O)c3ccccc3C2=O)c1. The second-order valence-electron chi connectivity index (χ2n) is 12.0. The van der Waals surface area contributed by atoms with Gasteiger partial charge in [-0.2, -0.15) is 0 Å². The summed E-state index contributed by atoms with van der Waals surface area (Å²) in [7, 11) is 0. The van der Waals surface area contributed by atoms with Gasteiger partial charge in [-0.3, -0.25) is 19.3 Å². The lowest BCUT2D eigenvalue weighted by atomic mass is 9.93. The van der Waals surface area contributed by atoms with Crippen molar-refractivity contribution in [3.05, 3.63) is 112 Å². The fourth-order valence-corrected chi connectivity index (χ4v) is 6.03. The van der Waals surface area contributed by atoms with E-state index in [1.54, 1.807) is 24.3 Å². The van der Waals surface area contributed by atoms with E-state index in [1.807, 2.05) is 36.1 Å². The molecule has 224 valence electrons. The van der Waals surface area contributed by atoms with Crippen molar-refractivity contribution < 1.29 is 14.4 Å². The van der Waals surface area contributed by atoms with Crippen LogP contribution in [0.4, 0.5) is 5.69 Å². The Morgan fingerprint density at radius 1 is 0.767 bits per heavy atom. The Balaban J connectivity index is 1.19. The van der Waals surface area contributed by atoms with Crippen LogP contribution < -0.4 is 4.90 Å². The molecule has 2 aliphatic rings. The Hall–Kier alpha value is -4.19. The van der Waals surface area contributed by atoms with E-state index in [0.717, 1.165) is 62.7 Å². The van der Waals surface area contributed by atoms with E-state index in [0.29, 0.717) is 24.2 Å². The Kier molecular flexibility index (Phi) is 9.75. The summed E-state index contributed by atoms with van der Waals surface area (Å²) in [5.41, 5.74) is 7.81. The molecule has 0 N–H and O–H groups in total. The third-order valence-electron chi connectivity index (χ3n) is 8.56. The summed E-state index contributed by atoms with van der Waals surface area (Å²) < 4.78 is 0. The highest BCUT2D eigenvalue weighted by Crippen LogP contribution is 2.27. The first-order chi connectivity index (χ1) is 20.8. The first-order valence-corrected chi connectivity index (χ1v) is 15.7. The Morgan fingerprint density at radius 3 is 1.95 bits per heavy atom. The number of aryl methyl sites for hydroxylation is 3. The van der Waals surface area contributed by atoms with Gasteiger partial charge in [0, 0.05) is 43.6 Å². The van der Waals surface area contributed by atoms with Gasteiger partial charge in [-0.05, 0) is 113 Å². The number of benzene rings is 3. The standard InChI is InChI=1S/C37H43N3O3/c1-27-23-28(2)25-31(24-27)38(20-10-11-22-40-36(42)33-17-6-7-18-34(33)37(40)43)19-8-9-21-39(26-30-14-12-15-30)35(41)32-16-5-4-13-29(32)3/h4-7,13,16-18,23-26H,8-12,14-15,19-22H2,1-3H3. The van der Waals surface area contributed by atoms with Crippen molar-refractivity contribution >= 4 is 23.4 Å². The summed E-state index contributed by atoms with van der Waals surface area (Å²) in [6.45, 7) is 9.08. The van der Waals surface area contributed by atoms with Crippen molar-refractivity contribution in [1.29, 1.82) is 0 Å². The van der Waals surface area contributed by atoms with Crippen molar-refractivity contribution in [3.8, 4) is 0 Å². The zero-order valence-corrected chi connectivity index (χ0v) is 25.8. The van der Waals surface area contributed by atoms with E-state index < -0.39 is 0 Å². The predicted molar refractivity (Wildman–Crippen MR) is 173 cm³/mol. The number of nitrogens with zero attached hydrogens (tertiary/aromatic N) is 3. The first kappa shape index (κ1) is 30.3. The number of unbranched alkanes of at least 4 members (excludes halogenated alkanes) is 2. The molecule has 0 radical (unpaired) electrons. The van der Waals surface area contributed by atoms with E-state index in [4.69, 9.17) is 0 Å². The summed E-state index contributed by atoms with van der Waals surface area (Å²) >= 11 is 0. The van der Waals surface area contributed by atoms with Crippen LogP contribution in [0.3, 0.4) is 0 Å². The maximum Gasteiger partial charge on any atom is 0.261 e. The molecule has 3 aromatic carbocycles. The Labute approximate surface area is 256 Å². The number of rotatable bonds is 13. The maximum atomic E-state index is 13.5. The smallest absolute Gasteiger partial charge is 0.261 e. The number of amides is 3. The van der Waals surface area contributed by atoms with Crippen LogP contribution in [0.5, 0.6) is 0 Å². The van der Waals surface area contributed by atoms with E-state index in [-0.39, 0.29) is 17.7 Å². The monoisotopic (exact) mass is 577 g/mol. The minimum Gasteiger partial charge on any atom is -0.372 e. The van der Waals surface area contributed by atoms with Gasteiger partial charge in [0.1, 0.15) is 0 Å². The number of hydrogen-bond donors (Lipinski definition) is 0. The van der Waals surface area contributed by atoms with Crippen molar-refractivity contribution in [2.24, 2.45) is 0 Å². The summed E-state index contributed by atoms with van der Waals surface area (Å²) in [6, 6.07) is 21.5. The molecule has 0 unspecified atom stereocenters. The van der Waals surface area contributed by atoms with Gasteiger partial charge in [-0.15, -0.1) is 0 Å². The van der Waals surface area contributed by atoms with E-state index in [1.165, 1.54) is 33.7 Å². The molecule has 6 nitrogen and oxygen atoms in total. The summed E-state index contributed by atoms with van der Waals surface area (Å²) in [4.78, 5) is 44.8. The van der Waals surface area contributed by atoms with Crippen LogP contribution in [0.25, 0.3) is 0 Å². The molecule has 1 saturated carbocycles. The van der Waals surface area contributed by atoms with Crippen LogP contribution in [-0.4, -0.2) is 53.7 Å². The highest BCUT2D eigenvalue weighted by Gasteiger charge is 2.34. The number of hydrogen-bond acceptors (Lipinski definition) is 4. The quantitative estimate of drug-likeness (QED) is 0.156. The van der Waals surface area contributed by atoms with E-state index in [9.17, 15) is 14.4 Å². The van der Waals surface area contributed by atoms with Gasteiger partial charge in [0.15, 0.2) is 0 Å². The molecule has 1 aliphatic heterocycles. The van der Waals surface area contributed by atoms with Gasteiger partial charge in [-0.1, -0.05) is 42.0 Å². The molecule has 0 atom stereocenters. The van der Waals surface area contributed by atoms with Gasteiger partial charge in [0.25, 0.3) is 17.7 Å². The van der Waals surface area contributed by atoms with Crippen molar-refractivity contribution in [2.75, 3.05) is 31.1 Å². The zero-order valence-electron chi connectivity index (χ0n) is 25.8. The van der Waals surface area contributed by atoms with E-state index >= 15 is 0 Å². The first-order valence-electron chi connectivity index (χ1n) is 15.7. The fraction of sp³-hybridized carbons (Fsp3) is 0.378. The summed E-state index contributed by atoms with van der Waals surface area (Å²) in [5, 5.41) is 0. The Morgan fingerprint density at radius 2 is 1.35 bits per heavy atom. The molecule has 0 saturated heterocycles. The molecule has 1 fully saturated rings. The van der Waals surface area contributed by atoms with Crippen LogP contribution >= 0.6 is 0 Å². The summed E-state index contributed by atoms with van der Waals surface area (Å²) in [5.74, 6) is -0.293. The van der Waals surface area contributed by atoms with Crippen molar-refractivity contribution in [2.45, 2.75) is 65.7 Å². The normalized spacial score (nSPS) is 14.0. The molecular weight excluding hydrogens is 534 g/mol. The zero-order chi connectivity index (χ0) is 30.3. The molecule has 0 aromatic heterocycles. The third kappa shape index (κ3) is 7.24. The number of anilines is 1. The minimum atomic E-state index is -0.187. The second kappa shape index (κ2) is 13.9. The van der Waals surface area contributed by atoms with Crippen LogP contribution in [-0.2, 0) is 0 Å². The van der Waals surface area contributed by atoms with Crippen LogP contribution in [0.2, 0.25) is 0 Å². The number of imide groups is 1. The predicted octanol–water partition coefficient (Wildman–Crippen LogP) is 7.49. The highest BCUT2D eigenvalue weighted by molar-refractivity contribution is 6.21.